The van der Waals surface area contributed by atoms with Crippen molar-refractivity contribution in [3.63, 3.8) is 0 Å². The van der Waals surface area contributed by atoms with Crippen LogP contribution in [0.4, 0.5) is 0 Å². The highest BCUT2D eigenvalue weighted by Crippen LogP contribution is 2.20. The zero-order valence-corrected chi connectivity index (χ0v) is 9.60. The van der Waals surface area contributed by atoms with E-state index < -0.39 is 0 Å². The molecule has 0 amide bonds. The van der Waals surface area contributed by atoms with Crippen molar-refractivity contribution >= 4 is 33.3 Å². The van der Waals surface area contributed by atoms with Gasteiger partial charge in [-0.1, -0.05) is 12.1 Å². The van der Waals surface area contributed by atoms with E-state index in [1.165, 1.54) is 0 Å². The Morgan fingerprint density at radius 2 is 2.29 bits per heavy atom. The van der Waals surface area contributed by atoms with Crippen molar-refractivity contribution in [1.82, 2.24) is 0 Å². The van der Waals surface area contributed by atoms with Gasteiger partial charge in [0.1, 0.15) is 6.07 Å². The summed E-state index contributed by atoms with van der Waals surface area (Å²) in [6.07, 6.45) is 0.214. The van der Waals surface area contributed by atoms with Gasteiger partial charge in [0.15, 0.2) is 5.78 Å². The Hall–Kier alpha value is -0.850. The smallest absolute Gasteiger partial charge is 0.151 e. The first kappa shape index (κ1) is 11.2. The summed E-state index contributed by atoms with van der Waals surface area (Å²) >= 11 is 8.65. The van der Waals surface area contributed by atoms with Crippen LogP contribution >= 0.6 is 27.5 Å². The fourth-order valence-corrected chi connectivity index (χ4v) is 1.69. The average Bonchev–Trinajstić information content (AvgIpc) is 2.18. The molecule has 0 aromatic heterocycles. The Balaban J connectivity index is 3.04. The minimum atomic E-state index is -0.0822. The number of hydrogen-bond acceptors (Lipinski definition) is 2. The number of rotatable bonds is 3. The summed E-state index contributed by atoms with van der Waals surface area (Å²) < 4.78 is 0.708. The molecule has 4 heteroatoms. The molecule has 0 aliphatic heterocycles. The maximum Gasteiger partial charge on any atom is 0.151 e. The highest BCUT2D eigenvalue weighted by Gasteiger charge is 2.09. The van der Waals surface area contributed by atoms with Crippen molar-refractivity contribution < 1.29 is 4.79 Å². The molecule has 1 aromatic carbocycles. The fourth-order valence-electron chi connectivity index (χ4n) is 1.10. The molecule has 0 bridgehead atoms. The summed E-state index contributed by atoms with van der Waals surface area (Å²) in [6.45, 7) is 0. The second kappa shape index (κ2) is 5.14. The van der Waals surface area contributed by atoms with Gasteiger partial charge < -0.3 is 0 Å². The van der Waals surface area contributed by atoms with Crippen molar-refractivity contribution in [2.75, 3.05) is 5.88 Å². The standard InChI is InChI=1S/C10H7BrClNO/c11-10-3-1-2-7(9(10)6-13)4-8(14)5-12/h1-3H,4-5H2. The summed E-state index contributed by atoms with van der Waals surface area (Å²) in [4.78, 5) is 11.1. The summed E-state index contributed by atoms with van der Waals surface area (Å²) in [7, 11) is 0. The van der Waals surface area contributed by atoms with Crippen molar-refractivity contribution in [3.8, 4) is 6.07 Å². The van der Waals surface area contributed by atoms with Crippen LogP contribution in [-0.2, 0) is 11.2 Å². The third-order valence-corrected chi connectivity index (χ3v) is 2.71. The van der Waals surface area contributed by atoms with E-state index in [2.05, 4.69) is 22.0 Å². The third kappa shape index (κ3) is 2.57. The molecule has 0 N–H and O–H groups in total. The number of carbonyl (C=O) groups excluding carboxylic acids is 1. The van der Waals surface area contributed by atoms with Crippen LogP contribution < -0.4 is 0 Å². The van der Waals surface area contributed by atoms with Gasteiger partial charge in [0.25, 0.3) is 0 Å². The van der Waals surface area contributed by atoms with E-state index in [0.717, 1.165) is 0 Å². The van der Waals surface area contributed by atoms with E-state index in [4.69, 9.17) is 16.9 Å². The van der Waals surface area contributed by atoms with Gasteiger partial charge in [-0.15, -0.1) is 11.6 Å². The van der Waals surface area contributed by atoms with E-state index in [-0.39, 0.29) is 18.1 Å². The molecule has 14 heavy (non-hydrogen) atoms. The van der Waals surface area contributed by atoms with Gasteiger partial charge in [-0.2, -0.15) is 5.26 Å². The molecule has 0 radical (unpaired) electrons. The number of hydrogen-bond donors (Lipinski definition) is 0. The van der Waals surface area contributed by atoms with Crippen molar-refractivity contribution in [1.29, 1.82) is 5.26 Å². The Morgan fingerprint density at radius 1 is 1.57 bits per heavy atom. The summed E-state index contributed by atoms with van der Waals surface area (Å²) in [5.41, 5.74) is 1.22. The maximum absolute atomic E-state index is 11.1. The number of carbonyl (C=O) groups is 1. The van der Waals surface area contributed by atoms with Crippen molar-refractivity contribution in [3.05, 3.63) is 33.8 Å². The summed E-state index contributed by atoms with van der Waals surface area (Å²) in [6, 6.07) is 7.37. The number of nitriles is 1. The number of Topliss-reactive ketones (excluding diaryl/α,β-unsaturated/α-hetero) is 1. The zero-order valence-electron chi connectivity index (χ0n) is 7.26. The largest absolute Gasteiger partial charge is 0.298 e. The van der Waals surface area contributed by atoms with Crippen molar-refractivity contribution in [2.24, 2.45) is 0 Å². The molecule has 0 aliphatic rings. The molecule has 0 saturated carbocycles. The highest BCUT2D eigenvalue weighted by molar-refractivity contribution is 9.10. The lowest BCUT2D eigenvalue weighted by atomic mass is 10.0. The van der Waals surface area contributed by atoms with E-state index in [1.807, 2.05) is 0 Å². The van der Waals surface area contributed by atoms with Gasteiger partial charge in [0, 0.05) is 10.9 Å². The first-order valence-corrected chi connectivity index (χ1v) is 5.27. The third-order valence-electron chi connectivity index (χ3n) is 1.75. The van der Waals surface area contributed by atoms with Gasteiger partial charge in [0.2, 0.25) is 0 Å². The van der Waals surface area contributed by atoms with Crippen molar-refractivity contribution in [2.45, 2.75) is 6.42 Å². The molecule has 1 rings (SSSR count). The minimum Gasteiger partial charge on any atom is -0.298 e. The van der Waals surface area contributed by atoms with Crippen LogP contribution in [0.3, 0.4) is 0 Å². The van der Waals surface area contributed by atoms with Crippen LogP contribution in [0.2, 0.25) is 0 Å². The lowest BCUT2D eigenvalue weighted by molar-refractivity contribution is -0.116. The molecule has 0 atom stereocenters. The molecular formula is C10H7BrClNO. The second-order valence-electron chi connectivity index (χ2n) is 2.73. The number of ketones is 1. The van der Waals surface area contributed by atoms with Gasteiger partial charge >= 0.3 is 0 Å². The number of nitrogens with zero attached hydrogens (tertiary/aromatic N) is 1. The number of benzene rings is 1. The molecule has 1 aromatic rings. The molecule has 72 valence electrons. The van der Waals surface area contributed by atoms with Gasteiger partial charge in [-0.25, -0.2) is 0 Å². The topological polar surface area (TPSA) is 40.9 Å². The zero-order chi connectivity index (χ0) is 10.6. The lowest BCUT2D eigenvalue weighted by Gasteiger charge is -2.03. The molecule has 0 fully saturated rings. The molecule has 0 heterocycles. The van der Waals surface area contributed by atoms with Gasteiger partial charge in [-0.3, -0.25) is 4.79 Å². The number of alkyl halides is 1. The molecular weight excluding hydrogens is 265 g/mol. The molecule has 0 unspecified atom stereocenters. The Morgan fingerprint density at radius 3 is 2.86 bits per heavy atom. The number of halogens is 2. The Bertz CT molecular complexity index is 398. The second-order valence-corrected chi connectivity index (χ2v) is 3.86. The van der Waals surface area contributed by atoms with E-state index in [1.54, 1.807) is 18.2 Å². The van der Waals surface area contributed by atoms with Crippen LogP contribution in [0.5, 0.6) is 0 Å². The van der Waals surface area contributed by atoms with Crippen LogP contribution in [0.25, 0.3) is 0 Å². The van der Waals surface area contributed by atoms with Gasteiger partial charge in [-0.05, 0) is 27.6 Å². The van der Waals surface area contributed by atoms with E-state index >= 15 is 0 Å². The van der Waals surface area contributed by atoms with E-state index in [0.29, 0.717) is 15.6 Å². The fraction of sp³-hybridized carbons (Fsp3) is 0.200. The molecule has 2 nitrogen and oxygen atoms in total. The first-order valence-electron chi connectivity index (χ1n) is 3.94. The normalized spacial score (nSPS) is 9.50. The SMILES string of the molecule is N#Cc1c(Br)cccc1CC(=O)CCl. The predicted octanol–water partition coefficient (Wildman–Crippen LogP) is 2.67. The molecule has 0 saturated heterocycles. The van der Waals surface area contributed by atoms with Crippen LogP contribution in [0, 0.1) is 11.3 Å². The first-order chi connectivity index (χ1) is 6.69. The summed E-state index contributed by atoms with van der Waals surface area (Å²) in [5, 5.41) is 8.86. The monoisotopic (exact) mass is 271 g/mol. The average molecular weight is 273 g/mol. The minimum absolute atomic E-state index is 0.0165. The molecule has 0 aliphatic carbocycles. The molecule has 0 spiro atoms. The quantitative estimate of drug-likeness (QED) is 0.794. The predicted molar refractivity (Wildman–Crippen MR) is 58.3 cm³/mol. The van der Waals surface area contributed by atoms with E-state index in [9.17, 15) is 4.79 Å². The maximum atomic E-state index is 11.1. The highest BCUT2D eigenvalue weighted by atomic mass is 79.9. The van der Waals surface area contributed by atoms with Crippen LogP contribution in [0.1, 0.15) is 11.1 Å². The van der Waals surface area contributed by atoms with Gasteiger partial charge in [0.05, 0.1) is 11.4 Å². The summed E-state index contributed by atoms with van der Waals surface area (Å²) in [5.74, 6) is -0.0986. The Kier molecular flexibility index (Phi) is 4.12. The lowest BCUT2D eigenvalue weighted by Crippen LogP contribution is -2.05. The Labute approximate surface area is 95.6 Å². The van der Waals surface area contributed by atoms with Crippen LogP contribution in [-0.4, -0.2) is 11.7 Å². The van der Waals surface area contributed by atoms with Crippen LogP contribution in [0.15, 0.2) is 22.7 Å².